The molecule has 1 amide bonds. The lowest BCUT2D eigenvalue weighted by Crippen LogP contribution is -2.34. The minimum atomic E-state index is -0.257. The third-order valence-electron chi connectivity index (χ3n) is 4.99. The van der Waals surface area contributed by atoms with E-state index in [2.05, 4.69) is 20.7 Å². The highest BCUT2D eigenvalue weighted by atomic mass is 35.5. The number of pyridine rings is 1. The molecule has 0 spiro atoms. The van der Waals surface area contributed by atoms with Crippen molar-refractivity contribution in [3.05, 3.63) is 85.8 Å². The van der Waals surface area contributed by atoms with Gasteiger partial charge in [-0.3, -0.25) is 9.59 Å². The van der Waals surface area contributed by atoms with Crippen LogP contribution in [0.5, 0.6) is 0 Å². The van der Waals surface area contributed by atoms with Crippen LogP contribution in [0.4, 0.5) is 0 Å². The summed E-state index contributed by atoms with van der Waals surface area (Å²) < 4.78 is 1.39. The van der Waals surface area contributed by atoms with E-state index in [0.29, 0.717) is 30.2 Å². The van der Waals surface area contributed by atoms with Crippen LogP contribution in [0.2, 0.25) is 5.02 Å². The number of hydrogen-bond donors (Lipinski definition) is 4. The molecule has 0 aliphatic carbocycles. The van der Waals surface area contributed by atoms with Crippen molar-refractivity contribution in [3.8, 4) is 0 Å². The molecule has 2 heterocycles. The number of nitrogens with zero attached hydrogens (tertiary/aromatic N) is 2. The van der Waals surface area contributed by atoms with E-state index in [1.54, 1.807) is 30.7 Å². The first-order chi connectivity index (χ1) is 14.4. The van der Waals surface area contributed by atoms with E-state index in [1.165, 1.54) is 4.68 Å². The predicted octanol–water partition coefficient (Wildman–Crippen LogP) is 1.90. The summed E-state index contributed by atoms with van der Waals surface area (Å²) in [7, 11) is 0. The fourth-order valence-electron chi connectivity index (χ4n) is 3.12. The quantitative estimate of drug-likeness (QED) is 0.437. The van der Waals surface area contributed by atoms with Crippen LogP contribution in [0.25, 0.3) is 0 Å². The molecule has 0 aliphatic heterocycles. The highest BCUT2D eigenvalue weighted by molar-refractivity contribution is 6.30. The topological polar surface area (TPSA) is 118 Å². The first-order valence-electron chi connectivity index (χ1n) is 9.57. The molecule has 3 aromatic rings. The maximum atomic E-state index is 12.8. The number of carbonyl (C=O) groups is 1. The monoisotopic (exact) mass is 428 g/mol. The molecule has 1 aromatic carbocycles. The lowest BCUT2D eigenvalue weighted by Gasteiger charge is -2.13. The number of nitrogens with two attached hydrogens (primary N) is 1. The Morgan fingerprint density at radius 3 is 2.73 bits per heavy atom. The van der Waals surface area contributed by atoms with Crippen molar-refractivity contribution < 1.29 is 4.79 Å². The highest BCUT2D eigenvalue weighted by Gasteiger charge is 2.13. The first-order valence-corrected chi connectivity index (χ1v) is 9.94. The standard InChI is InChI=1S/C21H25ClN6O2/c1-13-5-6-28(27-11-19-14(2)25-12-26-19)21(30)18(13)8-20(29)24-10-16-7-17(22)4-3-15(16)9-23/h3-7,12,27H,8-11,23H2,1-2H3,(H,24,29)(H,25,26). The summed E-state index contributed by atoms with van der Waals surface area (Å²) in [4.78, 5) is 32.5. The molecule has 3 rings (SSSR count). The number of hydrogen-bond acceptors (Lipinski definition) is 5. The third-order valence-corrected chi connectivity index (χ3v) is 5.22. The summed E-state index contributed by atoms with van der Waals surface area (Å²) in [6.07, 6.45) is 3.25. The summed E-state index contributed by atoms with van der Waals surface area (Å²) >= 11 is 6.04. The second-order valence-electron chi connectivity index (χ2n) is 7.02. The lowest BCUT2D eigenvalue weighted by atomic mass is 10.1. The SMILES string of the molecule is Cc1ccn(NCc2[nH]cnc2C)c(=O)c1CC(=O)NCc1cc(Cl)ccc1CN. The zero-order valence-electron chi connectivity index (χ0n) is 17.0. The third kappa shape index (κ3) is 5.08. The van der Waals surface area contributed by atoms with Crippen LogP contribution in [0.1, 0.15) is 33.6 Å². The molecule has 0 fully saturated rings. The molecule has 30 heavy (non-hydrogen) atoms. The molecule has 2 aromatic heterocycles. The largest absolute Gasteiger partial charge is 0.352 e. The molecule has 0 bridgehead atoms. The number of nitrogens with one attached hydrogen (secondary N) is 3. The van der Waals surface area contributed by atoms with Crippen molar-refractivity contribution in [2.24, 2.45) is 5.73 Å². The van der Waals surface area contributed by atoms with E-state index in [0.717, 1.165) is 28.1 Å². The van der Waals surface area contributed by atoms with E-state index < -0.39 is 0 Å². The van der Waals surface area contributed by atoms with Crippen molar-refractivity contribution in [1.29, 1.82) is 0 Å². The summed E-state index contributed by atoms with van der Waals surface area (Å²) in [6, 6.07) is 7.20. The van der Waals surface area contributed by atoms with Gasteiger partial charge >= 0.3 is 0 Å². The Labute approximate surface area is 179 Å². The molecule has 8 nitrogen and oxygen atoms in total. The fraction of sp³-hybridized carbons (Fsp3) is 0.286. The Kier molecular flexibility index (Phi) is 6.91. The molecule has 9 heteroatoms. The van der Waals surface area contributed by atoms with Gasteiger partial charge in [0, 0.05) is 29.9 Å². The fourth-order valence-corrected chi connectivity index (χ4v) is 3.31. The van der Waals surface area contributed by atoms with Gasteiger partial charge in [0.25, 0.3) is 5.56 Å². The van der Waals surface area contributed by atoms with Crippen molar-refractivity contribution >= 4 is 17.5 Å². The summed E-state index contributed by atoms with van der Waals surface area (Å²) in [5.74, 6) is -0.250. The van der Waals surface area contributed by atoms with E-state index in [1.807, 2.05) is 19.9 Å². The number of halogens is 1. The summed E-state index contributed by atoms with van der Waals surface area (Å²) in [6.45, 7) is 4.76. The van der Waals surface area contributed by atoms with E-state index in [4.69, 9.17) is 17.3 Å². The number of H-pyrrole nitrogens is 1. The van der Waals surface area contributed by atoms with Gasteiger partial charge in [0.15, 0.2) is 0 Å². The van der Waals surface area contributed by atoms with Gasteiger partial charge in [-0.2, -0.15) is 0 Å². The zero-order valence-corrected chi connectivity index (χ0v) is 17.7. The van der Waals surface area contributed by atoms with Crippen molar-refractivity contribution in [2.45, 2.75) is 39.9 Å². The average molecular weight is 429 g/mol. The van der Waals surface area contributed by atoms with Gasteiger partial charge in [0.1, 0.15) is 0 Å². The Hall–Kier alpha value is -3.10. The molecule has 0 atom stereocenters. The number of aromatic amines is 1. The minimum Gasteiger partial charge on any atom is -0.352 e. The molecular weight excluding hydrogens is 404 g/mol. The maximum absolute atomic E-state index is 12.8. The second-order valence-corrected chi connectivity index (χ2v) is 7.46. The van der Waals surface area contributed by atoms with Crippen molar-refractivity contribution in [3.63, 3.8) is 0 Å². The first kappa shape index (κ1) is 21.6. The Balaban J connectivity index is 1.68. The molecule has 0 saturated carbocycles. The lowest BCUT2D eigenvalue weighted by molar-refractivity contribution is -0.120. The van der Waals surface area contributed by atoms with Gasteiger partial charge < -0.3 is 21.5 Å². The van der Waals surface area contributed by atoms with Crippen LogP contribution in [0.15, 0.2) is 41.6 Å². The second kappa shape index (κ2) is 9.60. The molecule has 0 unspecified atom stereocenters. The molecule has 0 saturated heterocycles. The summed E-state index contributed by atoms with van der Waals surface area (Å²) in [5, 5.41) is 3.43. The van der Waals surface area contributed by atoms with Gasteiger partial charge in [-0.25, -0.2) is 9.66 Å². The van der Waals surface area contributed by atoms with Gasteiger partial charge in [-0.05, 0) is 48.7 Å². The molecule has 0 aliphatic rings. The van der Waals surface area contributed by atoms with Gasteiger partial charge in [0.05, 0.1) is 30.7 Å². The van der Waals surface area contributed by atoms with E-state index in [9.17, 15) is 9.59 Å². The summed E-state index contributed by atoms with van der Waals surface area (Å²) in [5.41, 5.74) is 13.3. The van der Waals surface area contributed by atoms with Crippen LogP contribution < -0.4 is 22.0 Å². The number of amides is 1. The van der Waals surface area contributed by atoms with Crippen molar-refractivity contribution in [2.75, 3.05) is 5.43 Å². The number of carbonyl (C=O) groups excluding carboxylic acids is 1. The number of benzene rings is 1. The molecule has 158 valence electrons. The smallest absolute Gasteiger partial charge is 0.272 e. The van der Waals surface area contributed by atoms with Crippen LogP contribution in [-0.2, 0) is 30.8 Å². The number of aryl methyl sites for hydroxylation is 2. The van der Waals surface area contributed by atoms with Gasteiger partial charge in [-0.1, -0.05) is 17.7 Å². The van der Waals surface area contributed by atoms with Gasteiger partial charge in [0.2, 0.25) is 5.91 Å². The highest BCUT2D eigenvalue weighted by Crippen LogP contribution is 2.16. The Morgan fingerprint density at radius 2 is 2.03 bits per heavy atom. The Morgan fingerprint density at radius 1 is 1.23 bits per heavy atom. The van der Waals surface area contributed by atoms with Crippen LogP contribution in [-0.4, -0.2) is 20.6 Å². The zero-order chi connectivity index (χ0) is 21.7. The van der Waals surface area contributed by atoms with Crippen molar-refractivity contribution in [1.82, 2.24) is 20.0 Å². The van der Waals surface area contributed by atoms with E-state index in [-0.39, 0.29) is 17.9 Å². The normalized spacial score (nSPS) is 10.8. The van der Waals surface area contributed by atoms with E-state index >= 15 is 0 Å². The molecule has 0 radical (unpaired) electrons. The van der Waals surface area contributed by atoms with Gasteiger partial charge in [-0.15, -0.1) is 0 Å². The average Bonchev–Trinajstić information content (AvgIpc) is 3.14. The molecule has 5 N–H and O–H groups in total. The van der Waals surface area contributed by atoms with Crippen LogP contribution in [0, 0.1) is 13.8 Å². The number of rotatable bonds is 8. The van der Waals surface area contributed by atoms with Crippen LogP contribution >= 0.6 is 11.6 Å². The molecular formula is C21H25ClN6O2. The number of aromatic nitrogens is 3. The van der Waals surface area contributed by atoms with Crippen LogP contribution in [0.3, 0.4) is 0 Å². The maximum Gasteiger partial charge on any atom is 0.272 e. The minimum absolute atomic E-state index is 0.0191. The predicted molar refractivity (Wildman–Crippen MR) is 117 cm³/mol. The number of imidazole rings is 1. The Bertz CT molecular complexity index is 1110.